The van der Waals surface area contributed by atoms with Crippen LogP contribution in [0.3, 0.4) is 0 Å². The monoisotopic (exact) mass is 273 g/mol. The van der Waals surface area contributed by atoms with Crippen LogP contribution in [0.2, 0.25) is 4.34 Å². The molecule has 0 fully saturated rings. The molecule has 0 aromatic carbocycles. The van der Waals surface area contributed by atoms with Crippen molar-refractivity contribution in [1.29, 1.82) is 0 Å². The molecule has 0 bridgehead atoms. The molecule has 1 unspecified atom stereocenters. The van der Waals surface area contributed by atoms with Gasteiger partial charge in [-0.25, -0.2) is 0 Å². The van der Waals surface area contributed by atoms with E-state index in [4.69, 9.17) is 11.6 Å². The molecular formula is C14H24ClNS. The lowest BCUT2D eigenvalue weighted by molar-refractivity contribution is 0.227. The highest BCUT2D eigenvalue weighted by Gasteiger charge is 2.27. The fraction of sp³-hybridized carbons (Fsp3) is 0.714. The van der Waals surface area contributed by atoms with Crippen LogP contribution in [0.15, 0.2) is 11.4 Å². The van der Waals surface area contributed by atoms with Gasteiger partial charge >= 0.3 is 0 Å². The van der Waals surface area contributed by atoms with E-state index in [1.807, 2.05) is 0 Å². The largest absolute Gasteiger partial charge is 0.305 e. The summed E-state index contributed by atoms with van der Waals surface area (Å²) in [5.41, 5.74) is 1.75. The maximum atomic E-state index is 5.97. The van der Waals surface area contributed by atoms with Crippen molar-refractivity contribution in [2.75, 3.05) is 0 Å². The lowest BCUT2D eigenvalue weighted by Gasteiger charge is -2.35. The van der Waals surface area contributed by atoms with E-state index in [9.17, 15) is 0 Å². The molecular weight excluding hydrogens is 250 g/mol. The van der Waals surface area contributed by atoms with Gasteiger partial charge in [0, 0.05) is 11.6 Å². The molecule has 0 aliphatic carbocycles. The second kappa shape index (κ2) is 5.29. The minimum absolute atomic E-state index is 0.131. The van der Waals surface area contributed by atoms with Crippen molar-refractivity contribution in [2.45, 2.75) is 59.5 Å². The number of thiophene rings is 1. The molecule has 1 aromatic heterocycles. The molecule has 0 spiro atoms. The van der Waals surface area contributed by atoms with Crippen LogP contribution in [0.5, 0.6) is 0 Å². The Bertz CT molecular complexity index is 363. The third-order valence-electron chi connectivity index (χ3n) is 2.67. The van der Waals surface area contributed by atoms with E-state index in [0.717, 1.165) is 10.8 Å². The fourth-order valence-electron chi connectivity index (χ4n) is 2.60. The zero-order valence-corrected chi connectivity index (χ0v) is 13.3. The Morgan fingerprint density at radius 2 is 1.88 bits per heavy atom. The highest BCUT2D eigenvalue weighted by Crippen LogP contribution is 2.30. The zero-order valence-electron chi connectivity index (χ0n) is 11.7. The Morgan fingerprint density at radius 3 is 2.29 bits per heavy atom. The molecule has 0 radical (unpaired) electrons. The average molecular weight is 274 g/mol. The number of rotatable bonds is 4. The van der Waals surface area contributed by atoms with E-state index in [-0.39, 0.29) is 5.54 Å². The molecule has 1 aromatic rings. The summed E-state index contributed by atoms with van der Waals surface area (Å²) in [5, 5.41) is 5.82. The Balaban J connectivity index is 2.64. The van der Waals surface area contributed by atoms with Crippen LogP contribution in [0.25, 0.3) is 0 Å². The first-order valence-corrected chi connectivity index (χ1v) is 7.36. The number of halogens is 1. The molecule has 1 rings (SSSR count). The Hall–Kier alpha value is -0.0500. The molecule has 17 heavy (non-hydrogen) atoms. The van der Waals surface area contributed by atoms with E-state index >= 15 is 0 Å². The second-order valence-electron chi connectivity index (χ2n) is 6.67. The molecule has 1 N–H and O–H groups in total. The quantitative estimate of drug-likeness (QED) is 0.788. The lowest BCUT2D eigenvalue weighted by atomic mass is 9.81. The smallest absolute Gasteiger partial charge is 0.0931 e. The van der Waals surface area contributed by atoms with Gasteiger partial charge in [0.2, 0.25) is 0 Å². The highest BCUT2D eigenvalue weighted by molar-refractivity contribution is 7.14. The van der Waals surface area contributed by atoms with Gasteiger partial charge in [0.05, 0.1) is 4.34 Å². The van der Waals surface area contributed by atoms with Crippen LogP contribution in [0.1, 0.15) is 59.6 Å². The van der Waals surface area contributed by atoms with Crippen molar-refractivity contribution < 1.29 is 0 Å². The predicted molar refractivity (Wildman–Crippen MR) is 79.0 cm³/mol. The van der Waals surface area contributed by atoms with Crippen molar-refractivity contribution in [3.05, 3.63) is 21.3 Å². The van der Waals surface area contributed by atoms with Gasteiger partial charge in [-0.3, -0.25) is 0 Å². The van der Waals surface area contributed by atoms with Crippen LogP contribution < -0.4 is 5.32 Å². The summed E-state index contributed by atoms with van der Waals surface area (Å²) in [6, 6.07) is 2.40. The SMILES string of the molecule is CC(NC(C)(C)CC(C)(C)C)c1csc(Cl)c1. The molecule has 0 amide bonds. The van der Waals surface area contributed by atoms with Crippen molar-refractivity contribution >= 4 is 22.9 Å². The predicted octanol–water partition coefficient (Wildman–Crippen LogP) is 5.27. The summed E-state index contributed by atoms with van der Waals surface area (Å²) in [6.07, 6.45) is 1.14. The van der Waals surface area contributed by atoms with Crippen molar-refractivity contribution in [3.63, 3.8) is 0 Å². The van der Waals surface area contributed by atoms with Crippen LogP contribution in [0, 0.1) is 5.41 Å². The molecule has 0 saturated carbocycles. The van der Waals surface area contributed by atoms with Gasteiger partial charge in [0.1, 0.15) is 0 Å². The summed E-state index contributed by atoms with van der Waals surface area (Å²) in [6.45, 7) is 13.6. The molecule has 98 valence electrons. The van der Waals surface area contributed by atoms with Gasteiger partial charge < -0.3 is 5.32 Å². The van der Waals surface area contributed by atoms with Crippen molar-refractivity contribution in [3.8, 4) is 0 Å². The van der Waals surface area contributed by atoms with Gasteiger partial charge in [-0.15, -0.1) is 11.3 Å². The van der Waals surface area contributed by atoms with E-state index in [1.165, 1.54) is 5.56 Å². The van der Waals surface area contributed by atoms with E-state index in [1.54, 1.807) is 11.3 Å². The van der Waals surface area contributed by atoms with E-state index in [2.05, 4.69) is 58.3 Å². The normalized spacial score (nSPS) is 15.0. The van der Waals surface area contributed by atoms with Crippen LogP contribution >= 0.6 is 22.9 Å². The maximum absolute atomic E-state index is 5.97. The summed E-state index contributed by atoms with van der Waals surface area (Å²) >= 11 is 7.57. The molecule has 1 nitrogen and oxygen atoms in total. The average Bonchev–Trinajstić information content (AvgIpc) is 2.45. The molecule has 0 aliphatic rings. The van der Waals surface area contributed by atoms with Crippen molar-refractivity contribution in [2.24, 2.45) is 5.41 Å². The van der Waals surface area contributed by atoms with Gasteiger partial charge in [-0.1, -0.05) is 32.4 Å². The first-order chi connectivity index (χ1) is 7.59. The van der Waals surface area contributed by atoms with Gasteiger partial charge in [-0.2, -0.15) is 0 Å². The van der Waals surface area contributed by atoms with Crippen LogP contribution in [-0.4, -0.2) is 5.54 Å². The summed E-state index contributed by atoms with van der Waals surface area (Å²) in [4.78, 5) is 0. The van der Waals surface area contributed by atoms with Gasteiger partial charge in [-0.05, 0) is 49.6 Å². The van der Waals surface area contributed by atoms with Gasteiger partial charge in [0.15, 0.2) is 0 Å². The third-order valence-corrected chi connectivity index (χ3v) is 3.78. The molecule has 0 saturated heterocycles. The van der Waals surface area contributed by atoms with E-state index < -0.39 is 0 Å². The summed E-state index contributed by atoms with van der Waals surface area (Å²) in [7, 11) is 0. The second-order valence-corrected chi connectivity index (χ2v) is 8.21. The first kappa shape index (κ1) is 15.0. The van der Waals surface area contributed by atoms with Crippen LogP contribution in [0.4, 0.5) is 0 Å². The van der Waals surface area contributed by atoms with Crippen LogP contribution in [-0.2, 0) is 0 Å². The Labute approximate surface area is 115 Å². The van der Waals surface area contributed by atoms with E-state index in [0.29, 0.717) is 11.5 Å². The summed E-state index contributed by atoms with van der Waals surface area (Å²) in [5.74, 6) is 0. The molecule has 1 atom stereocenters. The number of nitrogens with one attached hydrogen (secondary N) is 1. The molecule has 1 heterocycles. The number of hydrogen-bond acceptors (Lipinski definition) is 2. The Morgan fingerprint density at radius 1 is 1.29 bits per heavy atom. The minimum atomic E-state index is 0.131. The Kier molecular flexibility index (Phi) is 4.67. The number of hydrogen-bond donors (Lipinski definition) is 1. The topological polar surface area (TPSA) is 12.0 Å². The standard InChI is InChI=1S/C14H24ClNS/c1-10(11-7-12(15)17-8-11)16-14(5,6)9-13(2,3)4/h7-8,10,16H,9H2,1-6H3. The van der Waals surface area contributed by atoms with Crippen molar-refractivity contribution in [1.82, 2.24) is 5.32 Å². The van der Waals surface area contributed by atoms with Gasteiger partial charge in [0.25, 0.3) is 0 Å². The lowest BCUT2D eigenvalue weighted by Crippen LogP contribution is -2.43. The maximum Gasteiger partial charge on any atom is 0.0931 e. The minimum Gasteiger partial charge on any atom is -0.305 e. The first-order valence-electron chi connectivity index (χ1n) is 6.11. The molecule has 3 heteroatoms. The summed E-state index contributed by atoms with van der Waals surface area (Å²) < 4.78 is 0.863. The fourth-order valence-corrected chi connectivity index (χ4v) is 3.58. The molecule has 0 aliphatic heterocycles. The zero-order chi connectivity index (χ0) is 13.3. The third kappa shape index (κ3) is 5.41. The highest BCUT2D eigenvalue weighted by atomic mass is 35.5.